The smallest absolute Gasteiger partial charge is 0.274 e. The van der Waals surface area contributed by atoms with E-state index in [9.17, 15) is 26.4 Å². The van der Waals surface area contributed by atoms with E-state index in [-0.39, 0.29) is 36.9 Å². The Balaban J connectivity index is 1.49. The summed E-state index contributed by atoms with van der Waals surface area (Å²) in [6.45, 7) is 1.23. The molecule has 0 unspecified atom stereocenters. The van der Waals surface area contributed by atoms with Crippen LogP contribution in [-0.2, 0) is 10.0 Å². The first kappa shape index (κ1) is 22.7. The maximum Gasteiger partial charge on any atom is 0.274 e. The lowest BCUT2D eigenvalue weighted by Gasteiger charge is -2.34. The molecule has 2 aliphatic heterocycles. The molecular weight excluding hydrogens is 471 g/mol. The monoisotopic (exact) mass is 489 g/mol. The van der Waals surface area contributed by atoms with Crippen molar-refractivity contribution in [2.24, 2.45) is 0 Å². The van der Waals surface area contributed by atoms with Crippen LogP contribution in [0.1, 0.15) is 23.3 Å². The van der Waals surface area contributed by atoms with Crippen molar-refractivity contribution in [2.75, 3.05) is 44.2 Å². The molecule has 0 aliphatic carbocycles. The number of rotatable bonds is 4. The molecule has 0 radical (unpaired) electrons. The van der Waals surface area contributed by atoms with Gasteiger partial charge < -0.3 is 9.80 Å². The minimum Gasteiger partial charge on any atom is -0.341 e. The van der Waals surface area contributed by atoms with Crippen LogP contribution >= 0.6 is 11.6 Å². The van der Waals surface area contributed by atoms with Crippen molar-refractivity contribution in [1.82, 2.24) is 19.2 Å². The van der Waals surface area contributed by atoms with Crippen LogP contribution in [0.4, 0.5) is 19.1 Å². The van der Waals surface area contributed by atoms with Gasteiger partial charge in [-0.3, -0.25) is 4.79 Å². The molecule has 2 saturated heterocycles. The van der Waals surface area contributed by atoms with E-state index in [1.165, 1.54) is 11.1 Å². The molecule has 0 bridgehead atoms. The van der Waals surface area contributed by atoms with Crippen molar-refractivity contribution in [3.05, 3.63) is 46.5 Å². The normalized spacial score (nSPS) is 17.8. The van der Waals surface area contributed by atoms with Crippen LogP contribution < -0.4 is 4.90 Å². The van der Waals surface area contributed by atoms with Gasteiger partial charge in [0.1, 0.15) is 4.90 Å². The number of hydrogen-bond donors (Lipinski definition) is 0. The first-order valence-corrected chi connectivity index (χ1v) is 11.7. The summed E-state index contributed by atoms with van der Waals surface area (Å²) in [5.41, 5.74) is 0.0199. The molecule has 0 atom stereocenters. The van der Waals surface area contributed by atoms with Gasteiger partial charge in [0, 0.05) is 39.3 Å². The van der Waals surface area contributed by atoms with Gasteiger partial charge in [-0.25, -0.2) is 31.6 Å². The largest absolute Gasteiger partial charge is 0.341 e. The highest BCUT2D eigenvalue weighted by molar-refractivity contribution is 7.89. The van der Waals surface area contributed by atoms with Gasteiger partial charge in [-0.05, 0) is 25.0 Å². The molecule has 1 aromatic heterocycles. The molecular formula is C19H19ClF3N5O3S. The van der Waals surface area contributed by atoms with Gasteiger partial charge in [0.2, 0.25) is 16.0 Å². The number of amides is 1. The Morgan fingerprint density at radius 3 is 2.28 bits per heavy atom. The third-order valence-electron chi connectivity index (χ3n) is 5.47. The summed E-state index contributed by atoms with van der Waals surface area (Å²) in [5.74, 6) is -5.18. The maximum absolute atomic E-state index is 14.0. The lowest BCUT2D eigenvalue weighted by molar-refractivity contribution is 0.0692. The third kappa shape index (κ3) is 4.14. The van der Waals surface area contributed by atoms with Crippen LogP contribution in [0.15, 0.2) is 23.2 Å². The quantitative estimate of drug-likeness (QED) is 0.613. The van der Waals surface area contributed by atoms with Gasteiger partial charge in [0.25, 0.3) is 5.91 Å². The van der Waals surface area contributed by atoms with Crippen molar-refractivity contribution in [3.63, 3.8) is 0 Å². The predicted molar refractivity (Wildman–Crippen MR) is 109 cm³/mol. The van der Waals surface area contributed by atoms with Gasteiger partial charge in [-0.2, -0.15) is 4.31 Å². The third-order valence-corrected chi connectivity index (χ3v) is 7.66. The number of piperazine rings is 1. The minimum atomic E-state index is -4.42. The zero-order valence-electron chi connectivity index (χ0n) is 16.8. The van der Waals surface area contributed by atoms with E-state index in [1.54, 1.807) is 0 Å². The molecule has 0 saturated carbocycles. The molecule has 2 fully saturated rings. The zero-order valence-corrected chi connectivity index (χ0v) is 18.3. The van der Waals surface area contributed by atoms with Gasteiger partial charge in [0.05, 0.1) is 11.2 Å². The fourth-order valence-electron chi connectivity index (χ4n) is 3.71. The Morgan fingerprint density at radius 1 is 0.969 bits per heavy atom. The number of sulfonamides is 1. The van der Waals surface area contributed by atoms with E-state index in [0.717, 1.165) is 30.2 Å². The summed E-state index contributed by atoms with van der Waals surface area (Å²) in [6, 6.07) is 1.24. The van der Waals surface area contributed by atoms with Crippen LogP contribution in [0.25, 0.3) is 0 Å². The average molecular weight is 490 g/mol. The molecule has 4 rings (SSSR count). The molecule has 1 amide bonds. The molecule has 13 heteroatoms. The molecule has 2 aliphatic rings. The summed E-state index contributed by atoms with van der Waals surface area (Å²) < 4.78 is 67.0. The van der Waals surface area contributed by atoms with Gasteiger partial charge in [-0.1, -0.05) is 11.6 Å². The summed E-state index contributed by atoms with van der Waals surface area (Å²) >= 11 is 6.14. The standard InChI is InChI=1S/C19H19ClF3N5O3S/c20-12-11-24-19(27-5-1-2-6-27)25-17(12)18(29)26-7-9-28(10-8-26)32(30,31)14-4-3-13(21)15(22)16(14)23/h3-4,11H,1-2,5-10H2. The minimum absolute atomic E-state index is 0.0112. The number of aromatic nitrogens is 2. The molecule has 2 aromatic rings. The van der Waals surface area contributed by atoms with Crippen LogP contribution in [0, 0.1) is 17.5 Å². The average Bonchev–Trinajstić information content (AvgIpc) is 3.32. The van der Waals surface area contributed by atoms with Crippen molar-refractivity contribution in [3.8, 4) is 0 Å². The van der Waals surface area contributed by atoms with Crippen LogP contribution in [0.5, 0.6) is 0 Å². The zero-order chi connectivity index (χ0) is 23.0. The molecule has 1 aromatic carbocycles. The highest BCUT2D eigenvalue weighted by atomic mass is 35.5. The van der Waals surface area contributed by atoms with Gasteiger partial charge in [-0.15, -0.1) is 0 Å². The second-order valence-corrected chi connectivity index (χ2v) is 9.74. The number of carbonyl (C=O) groups is 1. The maximum atomic E-state index is 14.0. The first-order valence-electron chi connectivity index (χ1n) is 9.90. The Hall–Kier alpha value is -2.44. The van der Waals surface area contributed by atoms with Crippen molar-refractivity contribution in [1.29, 1.82) is 0 Å². The summed E-state index contributed by atoms with van der Waals surface area (Å²) in [5, 5.41) is 0.0804. The molecule has 0 spiro atoms. The molecule has 172 valence electrons. The number of carbonyl (C=O) groups excluding carboxylic acids is 1. The number of halogens is 4. The van der Waals surface area contributed by atoms with E-state index < -0.39 is 38.3 Å². The first-order chi connectivity index (χ1) is 15.2. The number of anilines is 1. The molecule has 0 N–H and O–H groups in total. The Bertz CT molecular complexity index is 1150. The van der Waals surface area contributed by atoms with Crippen LogP contribution in [-0.4, -0.2) is 72.8 Å². The van der Waals surface area contributed by atoms with E-state index in [1.807, 2.05) is 4.90 Å². The number of benzene rings is 1. The fraction of sp³-hybridized carbons (Fsp3) is 0.421. The van der Waals surface area contributed by atoms with Crippen LogP contribution in [0.3, 0.4) is 0 Å². The highest BCUT2D eigenvalue weighted by Gasteiger charge is 2.34. The number of nitrogens with zero attached hydrogens (tertiary/aromatic N) is 5. The van der Waals surface area contributed by atoms with Crippen molar-refractivity contribution >= 4 is 33.5 Å². The van der Waals surface area contributed by atoms with Crippen LogP contribution in [0.2, 0.25) is 5.02 Å². The van der Waals surface area contributed by atoms with E-state index >= 15 is 0 Å². The van der Waals surface area contributed by atoms with Crippen molar-refractivity contribution in [2.45, 2.75) is 17.7 Å². The highest BCUT2D eigenvalue weighted by Crippen LogP contribution is 2.25. The topological polar surface area (TPSA) is 86.7 Å². The number of hydrogen-bond acceptors (Lipinski definition) is 6. The lowest BCUT2D eigenvalue weighted by Crippen LogP contribution is -2.50. The van der Waals surface area contributed by atoms with Gasteiger partial charge >= 0.3 is 0 Å². The summed E-state index contributed by atoms with van der Waals surface area (Å²) in [4.78, 5) is 23.8. The van der Waals surface area contributed by atoms with E-state index in [2.05, 4.69) is 9.97 Å². The second kappa shape index (κ2) is 8.83. The second-order valence-electron chi connectivity index (χ2n) is 7.43. The molecule has 32 heavy (non-hydrogen) atoms. The fourth-order valence-corrected chi connectivity index (χ4v) is 5.36. The predicted octanol–water partition coefficient (Wildman–Crippen LogP) is 2.29. The van der Waals surface area contributed by atoms with E-state index in [4.69, 9.17) is 11.6 Å². The summed E-state index contributed by atoms with van der Waals surface area (Å²) in [7, 11) is -4.42. The van der Waals surface area contributed by atoms with Gasteiger partial charge in [0.15, 0.2) is 23.1 Å². The Labute approximate surface area is 187 Å². The lowest BCUT2D eigenvalue weighted by atomic mass is 10.3. The molecule has 8 nitrogen and oxygen atoms in total. The SMILES string of the molecule is O=C(c1nc(N2CCCC2)ncc1Cl)N1CCN(S(=O)(=O)c2ccc(F)c(F)c2F)CC1. The van der Waals surface area contributed by atoms with E-state index in [0.29, 0.717) is 18.1 Å². The molecule has 3 heterocycles. The Kier molecular flexibility index (Phi) is 6.28. The summed E-state index contributed by atoms with van der Waals surface area (Å²) in [6.07, 6.45) is 3.37. The van der Waals surface area contributed by atoms with Crippen molar-refractivity contribution < 1.29 is 26.4 Å². The Morgan fingerprint density at radius 2 is 1.62 bits per heavy atom.